The molecule has 1 unspecified atom stereocenters. The van der Waals surface area contributed by atoms with Crippen molar-refractivity contribution in [1.29, 1.82) is 0 Å². The summed E-state index contributed by atoms with van der Waals surface area (Å²) in [5.74, 6) is -0.538. The number of para-hydroxylation sites is 1. The van der Waals surface area contributed by atoms with E-state index in [1.807, 2.05) is 32.0 Å². The lowest BCUT2D eigenvalue weighted by Gasteiger charge is -2.30. The lowest BCUT2D eigenvalue weighted by molar-refractivity contribution is -0.122. The third kappa shape index (κ3) is 6.26. The number of aliphatic hydroxyl groups is 1. The lowest BCUT2D eigenvalue weighted by atomic mass is 9.72. The fourth-order valence-electron chi connectivity index (χ4n) is 3.41. The van der Waals surface area contributed by atoms with Gasteiger partial charge < -0.3 is 29.7 Å². The molecule has 1 aliphatic heterocycles. The van der Waals surface area contributed by atoms with Crippen LogP contribution in [0.3, 0.4) is 0 Å². The van der Waals surface area contributed by atoms with Gasteiger partial charge in [0, 0.05) is 12.1 Å². The van der Waals surface area contributed by atoms with Crippen molar-refractivity contribution in [2.24, 2.45) is 0 Å². The van der Waals surface area contributed by atoms with E-state index in [4.69, 9.17) is 9.39 Å². The molecule has 2 aromatic rings. The molecule has 11 heteroatoms. The third-order valence-electron chi connectivity index (χ3n) is 4.91. The number of hydrogen-bond acceptors (Lipinski definition) is 8. The summed E-state index contributed by atoms with van der Waals surface area (Å²) in [4.78, 5) is 14.4. The van der Waals surface area contributed by atoms with Gasteiger partial charge in [0.15, 0.2) is 6.29 Å². The number of hydrogen-bond donors (Lipinski definition) is 3. The summed E-state index contributed by atoms with van der Waals surface area (Å²) in [7, 11) is 2.60. The molecule has 1 amide bonds. The van der Waals surface area contributed by atoms with Crippen molar-refractivity contribution in [1.82, 2.24) is 25.2 Å². The molecule has 168 valence electrons. The lowest BCUT2D eigenvalue weighted by Crippen LogP contribution is -2.53. The SMILES string of the molecule is CCCCOC(O)c1cccc2c1OB(O)[C@@H](NC(=O)Cn1cc(CN(C)C)nn1)C2. The quantitative estimate of drug-likeness (QED) is 0.279. The molecule has 3 N–H and O–H groups in total. The average molecular weight is 431 g/mol. The Kier molecular flexibility index (Phi) is 8.02. The van der Waals surface area contributed by atoms with Gasteiger partial charge in [0.1, 0.15) is 12.3 Å². The Morgan fingerprint density at radius 2 is 2.29 bits per heavy atom. The Bertz CT molecular complexity index is 877. The maximum atomic E-state index is 12.5. The van der Waals surface area contributed by atoms with E-state index in [1.54, 1.807) is 18.3 Å². The first-order chi connectivity index (χ1) is 14.9. The second-order valence-corrected chi connectivity index (χ2v) is 7.94. The maximum absolute atomic E-state index is 12.5. The summed E-state index contributed by atoms with van der Waals surface area (Å²) in [6, 6.07) is 5.34. The number of carbonyl (C=O) groups excluding carboxylic acids is 1. The predicted molar refractivity (Wildman–Crippen MR) is 114 cm³/mol. The van der Waals surface area contributed by atoms with E-state index in [0.29, 0.717) is 30.9 Å². The number of aliphatic hydroxyl groups excluding tert-OH is 1. The van der Waals surface area contributed by atoms with Crippen LogP contribution in [-0.4, -0.2) is 69.7 Å². The molecular formula is C20H30BN5O5. The van der Waals surface area contributed by atoms with Gasteiger partial charge in [0.25, 0.3) is 0 Å². The average Bonchev–Trinajstić information content (AvgIpc) is 3.14. The number of fused-ring (bicyclic) bond motifs is 1. The monoisotopic (exact) mass is 431 g/mol. The standard InChI is InChI=1S/C20H30BN5O5/c1-4-5-9-30-20(28)16-8-6-7-14-10-17(21(29)31-19(14)16)22-18(27)13-26-12-15(23-24-26)11-25(2)3/h6-8,12,17,20,28-29H,4-5,9-11,13H2,1-3H3,(H,22,27)/t17-,20?/m0/s1. The Labute approximate surface area is 182 Å². The van der Waals surface area contributed by atoms with Gasteiger partial charge in [0.2, 0.25) is 5.91 Å². The molecule has 2 atom stereocenters. The first-order valence-corrected chi connectivity index (χ1v) is 10.5. The second kappa shape index (κ2) is 10.7. The maximum Gasteiger partial charge on any atom is 0.547 e. The van der Waals surface area contributed by atoms with Crippen molar-refractivity contribution in [3.8, 4) is 5.75 Å². The molecular weight excluding hydrogens is 401 g/mol. The molecule has 2 heterocycles. The molecule has 0 aliphatic carbocycles. The van der Waals surface area contributed by atoms with E-state index >= 15 is 0 Å². The minimum Gasteiger partial charge on any atom is -0.534 e. The fraction of sp³-hybridized carbons (Fsp3) is 0.550. The Morgan fingerprint density at radius 3 is 3.03 bits per heavy atom. The molecule has 1 aliphatic rings. The van der Waals surface area contributed by atoms with E-state index in [1.165, 1.54) is 4.68 Å². The van der Waals surface area contributed by atoms with Crippen molar-refractivity contribution >= 4 is 13.0 Å². The van der Waals surface area contributed by atoms with Crippen LogP contribution in [0.5, 0.6) is 5.75 Å². The number of benzene rings is 1. The molecule has 0 saturated heterocycles. The zero-order valence-corrected chi connectivity index (χ0v) is 18.2. The van der Waals surface area contributed by atoms with Crippen LogP contribution < -0.4 is 9.97 Å². The summed E-state index contributed by atoms with van der Waals surface area (Å²) >= 11 is 0. The number of nitrogens with one attached hydrogen (secondary N) is 1. The minimum atomic E-state index is -1.25. The summed E-state index contributed by atoms with van der Waals surface area (Å²) in [6.45, 7) is 3.09. The number of nitrogens with zero attached hydrogens (tertiary/aromatic N) is 4. The fourth-order valence-corrected chi connectivity index (χ4v) is 3.41. The van der Waals surface area contributed by atoms with E-state index in [0.717, 1.165) is 24.1 Å². The smallest absolute Gasteiger partial charge is 0.534 e. The number of amides is 1. The van der Waals surface area contributed by atoms with Gasteiger partial charge in [0.05, 0.1) is 24.4 Å². The van der Waals surface area contributed by atoms with E-state index in [9.17, 15) is 14.9 Å². The molecule has 0 radical (unpaired) electrons. The van der Waals surface area contributed by atoms with Crippen LogP contribution in [0.25, 0.3) is 0 Å². The summed E-state index contributed by atoms with van der Waals surface area (Å²) in [5, 5.41) is 31.6. The van der Waals surface area contributed by atoms with Crippen molar-refractivity contribution in [2.75, 3.05) is 20.7 Å². The summed E-state index contributed by atoms with van der Waals surface area (Å²) < 4.78 is 12.6. The molecule has 1 aromatic carbocycles. The number of rotatable bonds is 10. The van der Waals surface area contributed by atoms with Gasteiger partial charge in [-0.1, -0.05) is 36.8 Å². The van der Waals surface area contributed by atoms with Crippen LogP contribution in [0.1, 0.15) is 42.9 Å². The topological polar surface area (TPSA) is 122 Å². The highest BCUT2D eigenvalue weighted by molar-refractivity contribution is 6.46. The van der Waals surface area contributed by atoms with Crippen LogP contribution in [0.15, 0.2) is 24.4 Å². The Morgan fingerprint density at radius 1 is 1.48 bits per heavy atom. The largest absolute Gasteiger partial charge is 0.547 e. The zero-order valence-electron chi connectivity index (χ0n) is 18.2. The van der Waals surface area contributed by atoms with Gasteiger partial charge in [-0.05, 0) is 32.5 Å². The van der Waals surface area contributed by atoms with Crippen molar-refractivity contribution < 1.29 is 24.3 Å². The number of aromatic nitrogens is 3. The summed E-state index contributed by atoms with van der Waals surface area (Å²) in [5.41, 5.74) is 2.01. The normalized spacial score (nSPS) is 16.7. The zero-order chi connectivity index (χ0) is 22.4. The van der Waals surface area contributed by atoms with E-state index in [-0.39, 0.29) is 12.5 Å². The highest BCUT2D eigenvalue weighted by Crippen LogP contribution is 2.34. The van der Waals surface area contributed by atoms with Crippen LogP contribution in [0, 0.1) is 0 Å². The van der Waals surface area contributed by atoms with Gasteiger partial charge in [-0.25, -0.2) is 4.68 Å². The van der Waals surface area contributed by atoms with E-state index in [2.05, 4.69) is 15.6 Å². The molecule has 10 nitrogen and oxygen atoms in total. The Balaban J connectivity index is 1.61. The molecule has 1 aromatic heterocycles. The van der Waals surface area contributed by atoms with Crippen molar-refractivity contribution in [2.45, 2.75) is 51.5 Å². The molecule has 31 heavy (non-hydrogen) atoms. The number of carbonyl (C=O) groups is 1. The predicted octanol–water partition coefficient (Wildman–Crippen LogP) is 0.287. The molecule has 0 saturated carbocycles. The summed E-state index contributed by atoms with van der Waals surface area (Å²) in [6.07, 6.45) is 2.74. The molecule has 0 spiro atoms. The van der Waals surface area contributed by atoms with Gasteiger partial charge in [-0.15, -0.1) is 5.10 Å². The first-order valence-electron chi connectivity index (χ1n) is 10.5. The van der Waals surface area contributed by atoms with Crippen molar-refractivity contribution in [3.63, 3.8) is 0 Å². The van der Waals surface area contributed by atoms with Crippen LogP contribution >= 0.6 is 0 Å². The molecule has 0 bridgehead atoms. The van der Waals surface area contributed by atoms with Gasteiger partial charge in [-0.2, -0.15) is 0 Å². The van der Waals surface area contributed by atoms with E-state index < -0.39 is 19.3 Å². The third-order valence-corrected chi connectivity index (χ3v) is 4.91. The number of ether oxygens (including phenoxy) is 1. The highest BCUT2D eigenvalue weighted by Gasteiger charge is 2.37. The highest BCUT2D eigenvalue weighted by atomic mass is 16.6. The number of unbranched alkanes of at least 4 members (excludes halogenated alkanes) is 1. The van der Waals surface area contributed by atoms with Gasteiger partial charge in [-0.3, -0.25) is 4.79 Å². The second-order valence-electron chi connectivity index (χ2n) is 7.94. The van der Waals surface area contributed by atoms with Crippen LogP contribution in [0.2, 0.25) is 0 Å². The van der Waals surface area contributed by atoms with Crippen LogP contribution in [0.4, 0.5) is 0 Å². The first kappa shape index (κ1) is 23.2. The Hall–Kier alpha value is -2.47. The van der Waals surface area contributed by atoms with Crippen molar-refractivity contribution in [3.05, 3.63) is 41.2 Å². The van der Waals surface area contributed by atoms with Crippen LogP contribution in [-0.2, 0) is 29.0 Å². The minimum absolute atomic E-state index is 0.0134. The molecule has 0 fully saturated rings. The molecule has 3 rings (SSSR count). The van der Waals surface area contributed by atoms with Gasteiger partial charge >= 0.3 is 7.12 Å².